The molecule has 0 saturated heterocycles. The first-order valence-corrected chi connectivity index (χ1v) is 11.0. The van der Waals surface area contributed by atoms with Crippen LogP contribution in [0.5, 0.6) is 11.5 Å². The van der Waals surface area contributed by atoms with Gasteiger partial charge in [-0.25, -0.2) is 4.98 Å². The van der Waals surface area contributed by atoms with Crippen LogP contribution in [0, 0.1) is 12.8 Å². The number of rotatable bonds is 9. The Morgan fingerprint density at radius 2 is 1.54 bits per heavy atom. The number of benzene rings is 2. The lowest BCUT2D eigenvalue weighted by molar-refractivity contribution is -0.275. The van der Waals surface area contributed by atoms with Gasteiger partial charge in [0, 0.05) is 17.3 Å². The van der Waals surface area contributed by atoms with Crippen LogP contribution in [-0.2, 0) is 0 Å². The van der Waals surface area contributed by atoms with Crippen molar-refractivity contribution in [2.45, 2.75) is 39.5 Å². The summed E-state index contributed by atoms with van der Waals surface area (Å²) < 4.78 is 83.6. The second kappa shape index (κ2) is 11.1. The molecule has 0 aliphatic carbocycles. The van der Waals surface area contributed by atoms with Crippen LogP contribution in [0.15, 0.2) is 48.5 Å². The number of hydrogen-bond acceptors (Lipinski definition) is 7. The Morgan fingerprint density at radius 3 is 2.11 bits per heavy atom. The van der Waals surface area contributed by atoms with Gasteiger partial charge in [0.25, 0.3) is 0 Å². The van der Waals surface area contributed by atoms with E-state index < -0.39 is 30.3 Å². The summed E-state index contributed by atoms with van der Waals surface area (Å²) in [5, 5.41) is 15.7. The van der Waals surface area contributed by atoms with Gasteiger partial charge in [-0.05, 0) is 48.7 Å². The van der Waals surface area contributed by atoms with E-state index in [1.54, 1.807) is 6.92 Å². The van der Waals surface area contributed by atoms with Gasteiger partial charge in [0.1, 0.15) is 17.3 Å². The number of alkyl halides is 6. The molecule has 0 bridgehead atoms. The third-order valence-corrected chi connectivity index (χ3v) is 5.10. The average molecular weight is 530 g/mol. The molecule has 1 heterocycles. The molecule has 3 aromatic rings. The molecule has 7 nitrogen and oxygen atoms in total. The quantitative estimate of drug-likeness (QED) is 0.275. The number of aromatic nitrogens is 2. The number of aliphatic hydroxyl groups excluding tert-OH is 1. The third kappa shape index (κ3) is 8.41. The van der Waals surface area contributed by atoms with Gasteiger partial charge >= 0.3 is 12.7 Å². The van der Waals surface area contributed by atoms with Gasteiger partial charge in [-0.3, -0.25) is 0 Å². The van der Waals surface area contributed by atoms with Crippen LogP contribution < -0.4 is 20.1 Å². The van der Waals surface area contributed by atoms with Crippen LogP contribution in [0.25, 0.3) is 11.3 Å². The molecule has 0 unspecified atom stereocenters. The Kier molecular flexibility index (Phi) is 8.36. The molecule has 0 spiro atoms. The van der Waals surface area contributed by atoms with Crippen LogP contribution in [0.1, 0.15) is 19.4 Å². The van der Waals surface area contributed by atoms with E-state index in [-0.39, 0.29) is 35.5 Å². The Labute approximate surface area is 208 Å². The van der Waals surface area contributed by atoms with Crippen LogP contribution in [0.4, 0.5) is 43.8 Å². The first-order chi connectivity index (χ1) is 17.2. The van der Waals surface area contributed by atoms with Crippen LogP contribution in [0.2, 0.25) is 0 Å². The van der Waals surface area contributed by atoms with E-state index >= 15 is 0 Å². The summed E-state index contributed by atoms with van der Waals surface area (Å²) in [6.45, 7) is 5.06. The van der Waals surface area contributed by atoms with Crippen molar-refractivity contribution >= 4 is 17.5 Å². The molecule has 200 valence electrons. The maximum Gasteiger partial charge on any atom is 0.573 e. The average Bonchev–Trinajstić information content (AvgIpc) is 2.77. The highest BCUT2D eigenvalue weighted by Crippen LogP contribution is 2.31. The smallest absolute Gasteiger partial charge is 0.406 e. The molecule has 2 aromatic carbocycles. The Balaban J connectivity index is 1.99. The van der Waals surface area contributed by atoms with Gasteiger partial charge in [0.2, 0.25) is 5.95 Å². The zero-order valence-electron chi connectivity index (χ0n) is 19.9. The molecule has 0 saturated carbocycles. The first-order valence-electron chi connectivity index (χ1n) is 11.0. The van der Waals surface area contributed by atoms with Gasteiger partial charge in [-0.15, -0.1) is 26.3 Å². The van der Waals surface area contributed by atoms with E-state index in [1.807, 2.05) is 13.8 Å². The summed E-state index contributed by atoms with van der Waals surface area (Å²) in [4.78, 5) is 8.74. The van der Waals surface area contributed by atoms with Gasteiger partial charge in [0.05, 0.1) is 18.3 Å². The van der Waals surface area contributed by atoms with Crippen molar-refractivity contribution in [3.8, 4) is 22.8 Å². The highest BCUT2D eigenvalue weighted by atomic mass is 19.4. The molecular formula is C24H24F6N4O3. The fourth-order valence-corrected chi connectivity index (χ4v) is 3.28. The second-order valence-corrected chi connectivity index (χ2v) is 8.36. The van der Waals surface area contributed by atoms with E-state index in [1.165, 1.54) is 30.3 Å². The molecule has 13 heteroatoms. The summed E-state index contributed by atoms with van der Waals surface area (Å²) in [7, 11) is 0. The van der Waals surface area contributed by atoms with Gasteiger partial charge < -0.3 is 25.2 Å². The minimum atomic E-state index is -4.88. The predicted molar refractivity (Wildman–Crippen MR) is 125 cm³/mol. The standard InChI is InChI=1S/C24H24F6N4O3/c1-13(2)20(12-35)33-22-32-19(15-5-4-6-16(10-15)36-23(25,26)27)11-21(34-22)31-18-8-7-17(9-14(18)3)37-24(28,29)30/h4-11,13,20,35H,12H2,1-3H3,(H2,31,32,33,34)/t20-/m0/s1. The van der Waals surface area contributed by atoms with Crippen molar-refractivity contribution in [3.05, 3.63) is 54.1 Å². The molecule has 0 amide bonds. The van der Waals surface area contributed by atoms with Gasteiger partial charge in [-0.2, -0.15) is 4.98 Å². The van der Waals surface area contributed by atoms with Gasteiger partial charge in [-0.1, -0.05) is 26.0 Å². The van der Waals surface area contributed by atoms with Crippen LogP contribution >= 0.6 is 0 Å². The van der Waals surface area contributed by atoms with Crippen molar-refractivity contribution in [3.63, 3.8) is 0 Å². The monoisotopic (exact) mass is 530 g/mol. The molecular weight excluding hydrogens is 506 g/mol. The van der Waals surface area contributed by atoms with E-state index in [2.05, 4.69) is 30.1 Å². The van der Waals surface area contributed by atoms with E-state index in [9.17, 15) is 31.4 Å². The summed E-state index contributed by atoms with van der Waals surface area (Å²) in [6, 6.07) is 9.91. The minimum absolute atomic E-state index is 0.0133. The van der Waals surface area contributed by atoms with Crippen molar-refractivity contribution < 1.29 is 40.9 Å². The maximum absolute atomic E-state index is 12.7. The number of aliphatic hydroxyl groups is 1. The molecule has 37 heavy (non-hydrogen) atoms. The Bertz CT molecular complexity index is 1220. The van der Waals surface area contributed by atoms with Crippen molar-refractivity contribution in [2.75, 3.05) is 17.2 Å². The number of nitrogens with one attached hydrogen (secondary N) is 2. The van der Waals surface area contributed by atoms with Gasteiger partial charge in [0.15, 0.2) is 0 Å². The SMILES string of the molecule is Cc1cc(OC(F)(F)F)ccc1Nc1cc(-c2cccc(OC(F)(F)F)c2)nc(N[C@@H](CO)C(C)C)n1. The molecule has 0 aliphatic rings. The number of ether oxygens (including phenoxy) is 2. The molecule has 0 radical (unpaired) electrons. The normalized spacial score (nSPS) is 12.8. The number of nitrogens with zero attached hydrogens (tertiary/aromatic N) is 2. The molecule has 1 aromatic heterocycles. The molecule has 0 fully saturated rings. The predicted octanol–water partition coefficient (Wildman–Crippen LogP) is 6.42. The van der Waals surface area contributed by atoms with Crippen molar-refractivity contribution in [1.82, 2.24) is 9.97 Å². The topological polar surface area (TPSA) is 88.5 Å². The minimum Gasteiger partial charge on any atom is -0.406 e. The summed E-state index contributed by atoms with van der Waals surface area (Å²) in [5.41, 5.74) is 1.32. The first kappa shape index (κ1) is 27.8. The summed E-state index contributed by atoms with van der Waals surface area (Å²) in [5.74, 6) is -0.586. The highest BCUT2D eigenvalue weighted by Gasteiger charge is 2.32. The van der Waals surface area contributed by atoms with Crippen LogP contribution in [0.3, 0.4) is 0 Å². The molecule has 3 N–H and O–H groups in total. The number of anilines is 3. The fourth-order valence-electron chi connectivity index (χ4n) is 3.28. The molecule has 3 rings (SSSR count). The summed E-state index contributed by atoms with van der Waals surface area (Å²) in [6.07, 6.45) is -9.72. The molecule has 0 aliphatic heterocycles. The van der Waals surface area contributed by atoms with Crippen molar-refractivity contribution in [2.24, 2.45) is 5.92 Å². The highest BCUT2D eigenvalue weighted by molar-refractivity contribution is 5.69. The number of aryl methyl sites for hydroxylation is 1. The zero-order chi connectivity index (χ0) is 27.4. The van der Waals surface area contributed by atoms with E-state index in [0.29, 0.717) is 11.3 Å². The largest absolute Gasteiger partial charge is 0.573 e. The zero-order valence-corrected chi connectivity index (χ0v) is 19.9. The third-order valence-electron chi connectivity index (χ3n) is 5.10. The lowest BCUT2D eigenvalue weighted by atomic mass is 10.1. The second-order valence-electron chi connectivity index (χ2n) is 8.36. The molecule has 1 atom stereocenters. The van der Waals surface area contributed by atoms with E-state index in [4.69, 9.17) is 0 Å². The number of halogens is 6. The summed E-state index contributed by atoms with van der Waals surface area (Å²) >= 11 is 0. The van der Waals surface area contributed by atoms with Crippen LogP contribution in [-0.4, -0.2) is 40.4 Å². The number of hydrogen-bond donors (Lipinski definition) is 3. The van der Waals surface area contributed by atoms with E-state index in [0.717, 1.165) is 18.2 Å². The Morgan fingerprint density at radius 1 is 0.892 bits per heavy atom. The van der Waals surface area contributed by atoms with Crippen molar-refractivity contribution in [1.29, 1.82) is 0 Å². The fraction of sp³-hybridized carbons (Fsp3) is 0.333. The maximum atomic E-state index is 12.7. The Hall–Kier alpha value is -3.74. The lowest BCUT2D eigenvalue weighted by Gasteiger charge is -2.21. The lowest BCUT2D eigenvalue weighted by Crippen LogP contribution is -2.30.